The third-order valence-electron chi connectivity index (χ3n) is 29.3. The van der Waals surface area contributed by atoms with E-state index in [0.717, 1.165) is 55.5 Å². The second-order valence-electron chi connectivity index (χ2n) is 31.4. The molecule has 19 rings (SSSR count). The number of rotatable bonds is 4. The molecule has 4 bridgehead atoms. The number of esters is 2. The average molecular weight is 1060 g/mol. The molecular weight excluding hydrogens is 975 g/mol. The second-order valence-corrected chi connectivity index (χ2v) is 31.4. The zero-order valence-electron chi connectivity index (χ0n) is 47.4. The maximum absolute atomic E-state index is 17.2. The lowest BCUT2D eigenvalue weighted by atomic mass is 9.27. The van der Waals surface area contributed by atoms with Crippen LogP contribution in [-0.2, 0) is 32.7 Å². The molecular formula is C71H87N3O5. The number of nitrogens with zero attached hydrogens (tertiary/aromatic N) is 2. The highest BCUT2D eigenvalue weighted by molar-refractivity contribution is 6.01. The third kappa shape index (κ3) is 5.34. The van der Waals surface area contributed by atoms with Gasteiger partial charge in [0.15, 0.2) is 11.4 Å². The fourth-order valence-electron chi connectivity index (χ4n) is 27.4. The molecule has 0 radical (unpaired) electrons. The Kier molecular flexibility index (Phi) is 9.58. The van der Waals surface area contributed by atoms with E-state index < -0.39 is 16.4 Å². The summed E-state index contributed by atoms with van der Waals surface area (Å²) in [5, 5.41) is 15.0. The molecule has 17 atom stereocenters. The number of aliphatic hydroxyl groups is 1. The first kappa shape index (κ1) is 47.7. The zero-order valence-corrected chi connectivity index (χ0v) is 47.4. The smallest absolute Gasteiger partial charge is 0.339 e. The van der Waals surface area contributed by atoms with E-state index in [1.807, 2.05) is 0 Å². The highest BCUT2D eigenvalue weighted by Gasteiger charge is 2.94. The van der Waals surface area contributed by atoms with Crippen molar-refractivity contribution in [2.24, 2.45) is 104 Å². The van der Waals surface area contributed by atoms with E-state index in [9.17, 15) is 5.11 Å². The topological polar surface area (TPSA) is 105 Å². The summed E-state index contributed by atoms with van der Waals surface area (Å²) in [5.74, 6) is 11.7. The van der Waals surface area contributed by atoms with Crippen LogP contribution in [0.4, 0.5) is 0 Å². The molecule has 1 aromatic rings. The quantitative estimate of drug-likeness (QED) is 0.175. The van der Waals surface area contributed by atoms with Crippen LogP contribution in [0.15, 0.2) is 58.2 Å². The molecule has 416 valence electrons. The number of aryl methyl sites for hydroxylation is 1. The van der Waals surface area contributed by atoms with Crippen molar-refractivity contribution in [2.45, 2.75) is 210 Å². The van der Waals surface area contributed by atoms with Gasteiger partial charge in [0.05, 0.1) is 11.0 Å². The standard InChI is InChI=1S/C71H87N3O5/c1-39-31-45-20-21-52-46-32-47-36-73(52)60(45)55-50-23-29-69-63-61(75)56-48(49-22-28-66(62(56)74(35-46)59(47)49)37-67(24-5-6-25-67)68(38-66)26-7-8-27-68)15-9-13-42-17-16-41(14-10-30-72)54-58(42)71(69,79-64(54)76)53-34-43(40-11-3-2-4-12-40)18-19-44(33-51(39)55)57(50)70(53,69)65(77)78-63/h16-19,39-40,43-44,46-49,51-53,55-56,59,62,75H,2-8,10-14,20-38,72H2,1H3. The van der Waals surface area contributed by atoms with Crippen LogP contribution in [0.3, 0.4) is 0 Å². The molecule has 7 aliphatic heterocycles. The first-order valence-corrected chi connectivity index (χ1v) is 33.5. The molecule has 8 nitrogen and oxygen atoms in total. The van der Waals surface area contributed by atoms with Crippen molar-refractivity contribution < 1.29 is 24.2 Å². The first-order valence-electron chi connectivity index (χ1n) is 33.5. The van der Waals surface area contributed by atoms with Crippen molar-refractivity contribution in [3.63, 3.8) is 0 Å². The van der Waals surface area contributed by atoms with Crippen LogP contribution in [0, 0.1) is 110 Å². The number of carbonyl (C=O) groups excluding carboxylic acids is 2. The Bertz CT molecular complexity index is 3110. The van der Waals surface area contributed by atoms with Crippen LogP contribution in [0.1, 0.15) is 201 Å². The SMILES string of the molecule is CC1CC2=C3C4C5=C6C(C=CC(C7CCCCC7)CC7C68C(=O)OC6=C(O)C9C(C#CCc%10ccc(CCCN)c%11c%10C7(OC%11=O)C68CC5)C5CCC6(CC7(CCCC7)C7(CCCC7)C6)C9N6CC7CC(CN3C7CC2)C56)CC14. The molecule has 5 saturated heterocycles. The van der Waals surface area contributed by atoms with Crippen LogP contribution in [0.5, 0.6) is 0 Å². The summed E-state index contributed by atoms with van der Waals surface area (Å²) < 4.78 is 15.4. The fourth-order valence-corrected chi connectivity index (χ4v) is 27.4. The lowest BCUT2D eigenvalue weighted by Crippen LogP contribution is -2.78. The van der Waals surface area contributed by atoms with E-state index in [0.29, 0.717) is 101 Å². The van der Waals surface area contributed by atoms with Crippen molar-refractivity contribution in [2.75, 3.05) is 19.6 Å². The van der Waals surface area contributed by atoms with Crippen molar-refractivity contribution in [3.05, 3.63) is 80.5 Å². The van der Waals surface area contributed by atoms with Gasteiger partial charge in [-0.25, -0.2) is 4.79 Å². The van der Waals surface area contributed by atoms with Gasteiger partial charge in [0.25, 0.3) is 0 Å². The normalized spacial score (nSPS) is 46.8. The van der Waals surface area contributed by atoms with Gasteiger partial charge in [0.1, 0.15) is 11.2 Å². The Morgan fingerprint density at radius 3 is 2.44 bits per heavy atom. The van der Waals surface area contributed by atoms with Crippen molar-refractivity contribution in [1.29, 1.82) is 0 Å². The highest BCUT2D eigenvalue weighted by atomic mass is 16.6. The molecule has 11 fully saturated rings. The molecule has 7 heterocycles. The predicted molar refractivity (Wildman–Crippen MR) is 301 cm³/mol. The predicted octanol–water partition coefficient (Wildman–Crippen LogP) is 12.9. The molecule has 6 spiro atoms. The van der Waals surface area contributed by atoms with Crippen molar-refractivity contribution >= 4 is 11.9 Å². The monoisotopic (exact) mass is 1060 g/mol. The summed E-state index contributed by atoms with van der Waals surface area (Å²) in [6.45, 7) is 5.40. The molecule has 0 amide bonds. The molecule has 6 saturated carbocycles. The lowest BCUT2D eigenvalue weighted by Gasteiger charge is -2.73. The minimum Gasteiger partial charge on any atom is -0.508 e. The van der Waals surface area contributed by atoms with Gasteiger partial charge in [0, 0.05) is 72.6 Å². The summed E-state index contributed by atoms with van der Waals surface area (Å²) in [5.41, 5.74) is 13.9. The Hall–Kier alpha value is -3.80. The Labute approximate surface area is 469 Å². The zero-order chi connectivity index (χ0) is 52.3. The number of piperidine rings is 3. The van der Waals surface area contributed by atoms with Gasteiger partial charge in [-0.05, 0) is 215 Å². The van der Waals surface area contributed by atoms with Crippen LogP contribution >= 0.6 is 0 Å². The van der Waals surface area contributed by atoms with E-state index in [2.05, 4.69) is 52.8 Å². The Morgan fingerprint density at radius 2 is 1.65 bits per heavy atom. The number of benzene rings is 1. The van der Waals surface area contributed by atoms with E-state index >= 15 is 9.59 Å². The number of allylic oxidation sites excluding steroid dienone is 4. The molecule has 79 heavy (non-hydrogen) atoms. The van der Waals surface area contributed by atoms with E-state index in [1.54, 1.807) is 16.8 Å². The highest BCUT2D eigenvalue weighted by Crippen LogP contribution is 2.89. The minimum absolute atomic E-state index is 0.0274. The summed E-state index contributed by atoms with van der Waals surface area (Å²) in [6, 6.07) is 5.58. The van der Waals surface area contributed by atoms with Crippen molar-refractivity contribution in [3.8, 4) is 11.8 Å². The van der Waals surface area contributed by atoms with E-state index in [1.165, 1.54) is 140 Å². The van der Waals surface area contributed by atoms with Gasteiger partial charge >= 0.3 is 11.9 Å². The largest absolute Gasteiger partial charge is 0.508 e. The molecule has 11 aliphatic carbocycles. The molecule has 0 aromatic heterocycles. The third-order valence-corrected chi connectivity index (χ3v) is 29.3. The second kappa shape index (κ2) is 15.9. The van der Waals surface area contributed by atoms with Gasteiger partial charge in [-0.1, -0.05) is 99.1 Å². The van der Waals surface area contributed by atoms with Crippen LogP contribution in [0.25, 0.3) is 0 Å². The van der Waals surface area contributed by atoms with Crippen molar-refractivity contribution in [1.82, 2.24) is 9.80 Å². The summed E-state index contributed by atoms with van der Waals surface area (Å²) in [4.78, 5) is 39.3. The Balaban J connectivity index is 0.944. The maximum Gasteiger partial charge on any atom is 0.339 e. The minimum atomic E-state index is -1.20. The van der Waals surface area contributed by atoms with E-state index in [4.69, 9.17) is 15.2 Å². The summed E-state index contributed by atoms with van der Waals surface area (Å²) >= 11 is 0. The van der Waals surface area contributed by atoms with Crippen LogP contribution in [-0.4, -0.2) is 64.6 Å². The lowest BCUT2D eigenvalue weighted by molar-refractivity contribution is -0.283. The van der Waals surface area contributed by atoms with Gasteiger partial charge < -0.3 is 25.2 Å². The fraction of sp³-hybridized carbons (Fsp3) is 0.746. The molecule has 1 aromatic carbocycles. The average Bonchev–Trinajstić information content (AvgIpc) is 1.76. The Morgan fingerprint density at radius 1 is 0.835 bits per heavy atom. The summed E-state index contributed by atoms with van der Waals surface area (Å²) in [6.07, 6.45) is 37.7. The number of carbonyl (C=O) groups is 2. The van der Waals surface area contributed by atoms with Gasteiger partial charge in [-0.3, -0.25) is 9.69 Å². The van der Waals surface area contributed by atoms with Crippen LogP contribution in [0.2, 0.25) is 0 Å². The first-order chi connectivity index (χ1) is 38.6. The molecule has 18 aliphatic rings. The van der Waals surface area contributed by atoms with Gasteiger partial charge in [0.2, 0.25) is 0 Å². The van der Waals surface area contributed by atoms with E-state index in [-0.39, 0.29) is 58.9 Å². The number of hydrogen-bond donors (Lipinski definition) is 2. The summed E-state index contributed by atoms with van der Waals surface area (Å²) in [7, 11) is 0. The number of aliphatic hydroxyl groups excluding tert-OH is 1. The number of nitrogens with two attached hydrogens (primary N) is 1. The molecule has 8 heteroatoms. The van der Waals surface area contributed by atoms with Crippen LogP contribution < -0.4 is 5.73 Å². The van der Waals surface area contributed by atoms with Gasteiger partial charge in [-0.2, -0.15) is 0 Å². The molecule has 17 unspecified atom stereocenters. The number of ether oxygens (including phenoxy) is 2. The number of fused-ring (bicyclic) bond motifs is 10. The number of hydrogen-bond acceptors (Lipinski definition) is 8. The maximum atomic E-state index is 17.2. The molecule has 3 N–H and O–H groups in total. The van der Waals surface area contributed by atoms with Gasteiger partial charge in [-0.15, -0.1) is 0 Å².